The number of amides is 2. The maximum Gasteiger partial charge on any atom is 0.244 e. The van der Waals surface area contributed by atoms with Crippen molar-refractivity contribution in [3.63, 3.8) is 0 Å². The second-order valence-electron chi connectivity index (χ2n) is 5.84. The molecule has 0 bridgehead atoms. The van der Waals surface area contributed by atoms with Crippen LogP contribution in [0.25, 0.3) is 0 Å². The van der Waals surface area contributed by atoms with Gasteiger partial charge < -0.3 is 10.2 Å². The lowest BCUT2D eigenvalue weighted by molar-refractivity contribution is -0.135. The molecule has 1 N–H and O–H groups in total. The first-order valence-electron chi connectivity index (χ1n) is 7.65. The largest absolute Gasteiger partial charge is 0.329 e. The Hall–Kier alpha value is -2.68. The van der Waals surface area contributed by atoms with Crippen LogP contribution in [0.3, 0.4) is 0 Å². The number of hydrogen-bond acceptors (Lipinski definition) is 4. The summed E-state index contributed by atoms with van der Waals surface area (Å²) in [5.74, 6) is 2.34. The molecule has 0 fully saturated rings. The van der Waals surface area contributed by atoms with Gasteiger partial charge in [0.2, 0.25) is 11.8 Å². The summed E-state index contributed by atoms with van der Waals surface area (Å²) in [4.78, 5) is 26.0. The highest BCUT2D eigenvalue weighted by Gasteiger charge is 2.39. The Bertz CT molecular complexity index is 699. The number of nitrogens with zero attached hydrogens (tertiary/aromatic N) is 3. The molecule has 118 valence electrons. The van der Waals surface area contributed by atoms with E-state index in [1.807, 2.05) is 24.3 Å². The molecule has 23 heavy (non-hydrogen) atoms. The van der Waals surface area contributed by atoms with Gasteiger partial charge in [0, 0.05) is 37.9 Å². The Labute approximate surface area is 135 Å². The van der Waals surface area contributed by atoms with Gasteiger partial charge in [-0.3, -0.25) is 9.59 Å². The maximum atomic E-state index is 12.5. The van der Waals surface area contributed by atoms with Gasteiger partial charge in [-0.1, -0.05) is 18.2 Å². The van der Waals surface area contributed by atoms with Crippen molar-refractivity contribution in [3.05, 3.63) is 29.8 Å². The monoisotopic (exact) mass is 310 g/mol. The second kappa shape index (κ2) is 6.21. The first-order chi connectivity index (χ1) is 11.1. The average Bonchev–Trinajstić information content (AvgIpc) is 3.33. The number of rotatable bonds is 5. The van der Waals surface area contributed by atoms with Crippen LogP contribution in [0.1, 0.15) is 31.2 Å². The van der Waals surface area contributed by atoms with Crippen molar-refractivity contribution >= 4 is 17.5 Å². The van der Waals surface area contributed by atoms with E-state index in [1.54, 1.807) is 4.90 Å². The lowest BCUT2D eigenvalue weighted by atomic mass is 10.0. The molecule has 0 saturated carbocycles. The fourth-order valence-corrected chi connectivity index (χ4v) is 2.71. The van der Waals surface area contributed by atoms with Crippen LogP contribution in [-0.4, -0.2) is 28.9 Å². The molecule has 0 aliphatic carbocycles. The molecule has 6 heteroatoms. The maximum absolute atomic E-state index is 12.5. The van der Waals surface area contributed by atoms with Crippen LogP contribution < -0.4 is 5.32 Å². The molecule has 0 saturated heterocycles. The number of carbonyl (C=O) groups is 2. The van der Waals surface area contributed by atoms with Gasteiger partial charge in [0.25, 0.3) is 0 Å². The highest BCUT2D eigenvalue weighted by atomic mass is 16.2. The molecule has 0 spiro atoms. The van der Waals surface area contributed by atoms with Crippen LogP contribution in [0.5, 0.6) is 0 Å². The first-order valence-corrected chi connectivity index (χ1v) is 7.65. The average molecular weight is 310 g/mol. The number of anilines is 1. The molecule has 2 aliphatic rings. The third-order valence-corrected chi connectivity index (χ3v) is 4.13. The van der Waals surface area contributed by atoms with Gasteiger partial charge in [-0.25, -0.2) is 0 Å². The van der Waals surface area contributed by atoms with Crippen LogP contribution in [0.15, 0.2) is 34.5 Å². The minimum Gasteiger partial charge on any atom is -0.329 e. The molecule has 2 aliphatic heterocycles. The summed E-state index contributed by atoms with van der Waals surface area (Å²) in [7, 11) is 0. The molecule has 2 heterocycles. The Balaban J connectivity index is 1.61. The quantitative estimate of drug-likeness (QED) is 0.848. The van der Waals surface area contributed by atoms with Gasteiger partial charge in [-0.2, -0.15) is 10.2 Å². The van der Waals surface area contributed by atoms with E-state index >= 15 is 0 Å². The zero-order chi connectivity index (χ0) is 16.3. The van der Waals surface area contributed by atoms with E-state index in [2.05, 4.69) is 21.5 Å². The molecular formula is C17H18N4O2. The van der Waals surface area contributed by atoms with Crippen molar-refractivity contribution < 1.29 is 9.59 Å². The van der Waals surface area contributed by atoms with Gasteiger partial charge in [-0.05, 0) is 11.6 Å². The topological polar surface area (TPSA) is 74.1 Å². The summed E-state index contributed by atoms with van der Waals surface area (Å²) in [5.41, 5.74) is 1.24. The number of para-hydroxylation sites is 1. The Morgan fingerprint density at radius 2 is 2.09 bits per heavy atom. The highest BCUT2D eigenvalue weighted by Crippen LogP contribution is 2.37. The SMILES string of the molecule is C#CCCC1(CCC(=O)N2CC(=O)Nc3ccccc3C2)N=N1. The van der Waals surface area contributed by atoms with Crippen LogP contribution in [0.2, 0.25) is 0 Å². The lowest BCUT2D eigenvalue weighted by Gasteiger charge is -2.20. The zero-order valence-corrected chi connectivity index (χ0v) is 12.8. The van der Waals surface area contributed by atoms with Gasteiger partial charge in [0.05, 0.1) is 0 Å². The summed E-state index contributed by atoms with van der Waals surface area (Å²) in [6.45, 7) is 0.499. The summed E-state index contributed by atoms with van der Waals surface area (Å²) in [6.07, 6.45) is 7.40. The van der Waals surface area contributed by atoms with Crippen LogP contribution in [0, 0.1) is 12.3 Å². The summed E-state index contributed by atoms with van der Waals surface area (Å²) < 4.78 is 0. The lowest BCUT2D eigenvalue weighted by Crippen LogP contribution is -2.35. The van der Waals surface area contributed by atoms with E-state index < -0.39 is 5.66 Å². The fraction of sp³-hybridized carbons (Fsp3) is 0.412. The molecule has 1 aromatic carbocycles. The Morgan fingerprint density at radius 3 is 2.83 bits per heavy atom. The van der Waals surface area contributed by atoms with E-state index in [-0.39, 0.29) is 18.4 Å². The number of terminal acetylenes is 1. The van der Waals surface area contributed by atoms with E-state index in [9.17, 15) is 9.59 Å². The molecule has 0 unspecified atom stereocenters. The van der Waals surface area contributed by atoms with Crippen molar-refractivity contribution in [2.24, 2.45) is 10.2 Å². The number of nitrogens with one attached hydrogen (secondary N) is 1. The number of fused-ring (bicyclic) bond motifs is 1. The van der Waals surface area contributed by atoms with Crippen molar-refractivity contribution in [2.45, 2.75) is 37.9 Å². The number of hydrogen-bond donors (Lipinski definition) is 1. The second-order valence-corrected chi connectivity index (χ2v) is 5.84. The fourth-order valence-electron chi connectivity index (χ4n) is 2.71. The molecule has 1 aromatic rings. The number of carbonyl (C=O) groups excluding carboxylic acids is 2. The predicted molar refractivity (Wildman–Crippen MR) is 85.4 cm³/mol. The van der Waals surface area contributed by atoms with E-state index in [4.69, 9.17) is 6.42 Å². The Kier molecular flexibility index (Phi) is 4.11. The third-order valence-electron chi connectivity index (χ3n) is 4.13. The smallest absolute Gasteiger partial charge is 0.244 e. The summed E-state index contributed by atoms with van der Waals surface area (Å²) in [6, 6.07) is 7.52. The third kappa shape index (κ3) is 3.57. The predicted octanol–water partition coefficient (Wildman–Crippen LogP) is 2.32. The molecular weight excluding hydrogens is 292 g/mol. The van der Waals surface area contributed by atoms with E-state index in [0.717, 1.165) is 11.3 Å². The number of benzene rings is 1. The zero-order valence-electron chi connectivity index (χ0n) is 12.8. The highest BCUT2D eigenvalue weighted by molar-refractivity contribution is 5.96. The van der Waals surface area contributed by atoms with Crippen LogP contribution in [0.4, 0.5) is 5.69 Å². The van der Waals surface area contributed by atoms with Gasteiger partial charge in [0.1, 0.15) is 6.54 Å². The first kappa shape index (κ1) is 15.2. The standard InChI is InChI=1S/C17H18N4O2/c1-2-3-9-17(19-20-17)10-8-16(23)21-11-13-6-4-5-7-14(13)18-15(22)12-21/h1,4-7H,3,8-12H2,(H,18,22). The normalized spacial score (nSPS) is 17.7. The molecule has 0 aromatic heterocycles. The van der Waals surface area contributed by atoms with E-state index in [1.165, 1.54) is 0 Å². The molecule has 2 amide bonds. The van der Waals surface area contributed by atoms with Crippen LogP contribution in [-0.2, 0) is 16.1 Å². The minimum absolute atomic E-state index is 0.0609. The molecule has 3 rings (SSSR count). The van der Waals surface area contributed by atoms with E-state index in [0.29, 0.717) is 32.2 Å². The van der Waals surface area contributed by atoms with Crippen LogP contribution >= 0.6 is 0 Å². The van der Waals surface area contributed by atoms with Gasteiger partial charge >= 0.3 is 0 Å². The Morgan fingerprint density at radius 1 is 1.30 bits per heavy atom. The van der Waals surface area contributed by atoms with Gasteiger partial charge in [0.15, 0.2) is 5.66 Å². The molecule has 0 atom stereocenters. The van der Waals surface area contributed by atoms with Crippen molar-refractivity contribution in [2.75, 3.05) is 11.9 Å². The van der Waals surface area contributed by atoms with Crippen molar-refractivity contribution in [1.82, 2.24) is 4.90 Å². The molecule has 6 nitrogen and oxygen atoms in total. The summed E-state index contributed by atoms with van der Waals surface area (Å²) in [5, 5.41) is 10.9. The van der Waals surface area contributed by atoms with Crippen molar-refractivity contribution in [1.29, 1.82) is 0 Å². The van der Waals surface area contributed by atoms with Crippen molar-refractivity contribution in [3.8, 4) is 12.3 Å². The minimum atomic E-state index is -0.464. The van der Waals surface area contributed by atoms with Gasteiger partial charge in [-0.15, -0.1) is 12.3 Å². The summed E-state index contributed by atoms with van der Waals surface area (Å²) >= 11 is 0. The molecule has 0 radical (unpaired) electrons.